The summed E-state index contributed by atoms with van der Waals surface area (Å²) in [6.45, 7) is 2.27. The molecule has 0 saturated heterocycles. The van der Waals surface area contributed by atoms with Crippen LogP contribution in [0.25, 0.3) is 10.2 Å². The van der Waals surface area contributed by atoms with Gasteiger partial charge in [0, 0.05) is 6.42 Å². The van der Waals surface area contributed by atoms with Crippen LogP contribution < -0.4 is 0 Å². The number of aliphatic carboxylic acids is 1. The number of para-hydroxylation sites is 1. The standard InChI is InChI=1S/C18H36O2.C7H5NS2.O.Zn/c1-2-3-4-5-6-7-8-9-10-11-12-13-14-15-16-17-18(19)20;9-7-8-5-3-1-2-4-6(5)10-7;;/h2-17H2,1H3,(H,19,20);1-4H,(H,8,9);;/q;;-2;+2. The topological polar surface area (TPSA) is 81.6 Å². The maximum Gasteiger partial charge on any atom is 2.00 e. The molecule has 7 heteroatoms. The molecule has 178 valence electrons. The largest absolute Gasteiger partial charge is 2.00 e. The molecule has 1 aromatic carbocycles. The van der Waals surface area contributed by atoms with E-state index in [1.54, 1.807) is 11.3 Å². The van der Waals surface area contributed by atoms with Crippen LogP contribution in [-0.4, -0.2) is 16.1 Å². The Labute approximate surface area is 216 Å². The van der Waals surface area contributed by atoms with Gasteiger partial charge in [0.1, 0.15) is 0 Å². The van der Waals surface area contributed by atoms with Crippen molar-refractivity contribution in [3.63, 3.8) is 0 Å². The number of unbranched alkanes of at least 4 members (excludes halogenated alkanes) is 14. The number of hydrogen-bond donors (Lipinski definition) is 2. The molecule has 1 heterocycles. The van der Waals surface area contributed by atoms with Gasteiger partial charge in [-0.05, 0) is 30.8 Å². The number of aromatic nitrogens is 1. The molecule has 0 aliphatic rings. The third kappa shape index (κ3) is 18.9. The van der Waals surface area contributed by atoms with Crippen molar-refractivity contribution >= 4 is 39.7 Å². The molecule has 1 aromatic heterocycles. The third-order valence-electron chi connectivity index (χ3n) is 5.32. The first-order valence-electron chi connectivity index (χ1n) is 11.9. The van der Waals surface area contributed by atoms with Gasteiger partial charge >= 0.3 is 25.4 Å². The number of thiazole rings is 1. The first-order valence-corrected chi connectivity index (χ1v) is 13.2. The monoisotopic (exact) mass is 531 g/mol. The average Bonchev–Trinajstić information content (AvgIpc) is 3.11. The Bertz CT molecular complexity index is 697. The molecule has 2 N–H and O–H groups in total. The van der Waals surface area contributed by atoms with Crippen LogP contribution in [0.5, 0.6) is 0 Å². The zero-order chi connectivity index (χ0) is 21.9. The van der Waals surface area contributed by atoms with E-state index in [1.807, 2.05) is 18.2 Å². The molecule has 0 bridgehead atoms. The van der Waals surface area contributed by atoms with Crippen molar-refractivity contribution in [2.45, 2.75) is 110 Å². The number of fused-ring (bicyclic) bond motifs is 1. The number of H-pyrrole nitrogens is 1. The number of benzene rings is 1. The maximum absolute atomic E-state index is 10.3. The van der Waals surface area contributed by atoms with Crippen molar-refractivity contribution < 1.29 is 34.9 Å². The van der Waals surface area contributed by atoms with Crippen molar-refractivity contribution in [2.24, 2.45) is 0 Å². The second-order valence-corrected chi connectivity index (χ2v) is 9.82. The zero-order valence-electron chi connectivity index (χ0n) is 19.9. The number of carbonyl (C=O) groups is 1. The van der Waals surface area contributed by atoms with Gasteiger partial charge in [0.05, 0.1) is 10.2 Å². The van der Waals surface area contributed by atoms with E-state index in [4.69, 9.17) is 17.3 Å². The second-order valence-electron chi connectivity index (χ2n) is 8.10. The predicted octanol–water partition coefficient (Wildman–Crippen LogP) is 9.17. The summed E-state index contributed by atoms with van der Waals surface area (Å²) in [4.78, 5) is 13.4. The predicted molar refractivity (Wildman–Crippen MR) is 135 cm³/mol. The van der Waals surface area contributed by atoms with Crippen molar-refractivity contribution in [1.82, 2.24) is 4.98 Å². The Kier molecular flexibility index (Phi) is 24.7. The SMILES string of the molecule is CCCCCCCCCCCCCCCCCC(=O)O.S=c1[nH]c2ccccc2s1.[O-2].[Zn+2]. The molecule has 0 radical (unpaired) electrons. The molecule has 2 rings (SSSR count). The van der Waals surface area contributed by atoms with Crippen LogP contribution >= 0.6 is 23.6 Å². The molecule has 0 amide bonds. The van der Waals surface area contributed by atoms with E-state index in [0.29, 0.717) is 6.42 Å². The smallest absolute Gasteiger partial charge is 2.00 e. The number of carboxylic acid groups (broad SMARTS) is 1. The van der Waals surface area contributed by atoms with Gasteiger partial charge in [-0.2, -0.15) is 0 Å². The van der Waals surface area contributed by atoms with Crippen LogP contribution in [0.3, 0.4) is 0 Å². The minimum absolute atomic E-state index is 0. The maximum atomic E-state index is 10.3. The Morgan fingerprint density at radius 3 is 1.72 bits per heavy atom. The van der Waals surface area contributed by atoms with Gasteiger partial charge in [-0.15, -0.1) is 11.3 Å². The average molecular weight is 533 g/mol. The fourth-order valence-corrected chi connectivity index (χ4v) is 4.66. The molecular weight excluding hydrogens is 492 g/mol. The van der Waals surface area contributed by atoms with E-state index in [-0.39, 0.29) is 25.0 Å². The van der Waals surface area contributed by atoms with E-state index in [1.165, 1.54) is 88.2 Å². The van der Waals surface area contributed by atoms with Crippen LogP contribution in [0.1, 0.15) is 110 Å². The molecular formula is C25H41NO3S2Zn. The summed E-state index contributed by atoms with van der Waals surface area (Å²) in [5.74, 6) is -0.653. The van der Waals surface area contributed by atoms with Crippen LogP contribution in [-0.2, 0) is 29.7 Å². The van der Waals surface area contributed by atoms with Crippen LogP contribution in [0, 0.1) is 3.95 Å². The summed E-state index contributed by atoms with van der Waals surface area (Å²) in [6.07, 6.45) is 20.2. The molecule has 32 heavy (non-hydrogen) atoms. The minimum Gasteiger partial charge on any atom is -2.00 e. The van der Waals surface area contributed by atoms with Gasteiger partial charge in [-0.1, -0.05) is 109 Å². The van der Waals surface area contributed by atoms with Crippen molar-refractivity contribution in [1.29, 1.82) is 0 Å². The molecule has 4 nitrogen and oxygen atoms in total. The molecule has 0 spiro atoms. The number of hydrogen-bond acceptors (Lipinski definition) is 3. The van der Waals surface area contributed by atoms with Crippen molar-refractivity contribution in [3.8, 4) is 0 Å². The summed E-state index contributed by atoms with van der Waals surface area (Å²) in [5.41, 5.74) is 1.14. The molecule has 0 aliphatic carbocycles. The van der Waals surface area contributed by atoms with Crippen LogP contribution in [0.15, 0.2) is 24.3 Å². The number of carboxylic acids is 1. The van der Waals surface area contributed by atoms with Gasteiger partial charge in [0.2, 0.25) is 0 Å². The molecule has 0 fully saturated rings. The molecule has 0 unspecified atom stereocenters. The molecule has 0 aliphatic heterocycles. The van der Waals surface area contributed by atoms with Crippen molar-refractivity contribution in [3.05, 3.63) is 28.2 Å². The normalized spacial score (nSPS) is 10.0. The summed E-state index contributed by atoms with van der Waals surface area (Å²) < 4.78 is 2.08. The summed E-state index contributed by atoms with van der Waals surface area (Å²) in [6, 6.07) is 8.11. The number of aromatic amines is 1. The van der Waals surface area contributed by atoms with E-state index in [9.17, 15) is 4.79 Å². The first-order chi connectivity index (χ1) is 14.6. The third-order valence-corrected chi connectivity index (χ3v) is 6.54. The summed E-state index contributed by atoms with van der Waals surface area (Å²) >= 11 is 6.59. The fraction of sp³-hybridized carbons (Fsp3) is 0.680. The summed E-state index contributed by atoms with van der Waals surface area (Å²) in [5, 5.41) is 8.52. The molecule has 0 saturated carbocycles. The zero-order valence-corrected chi connectivity index (χ0v) is 24.5. The van der Waals surface area contributed by atoms with Crippen LogP contribution in [0.4, 0.5) is 0 Å². The van der Waals surface area contributed by atoms with Gasteiger partial charge < -0.3 is 15.6 Å². The Balaban J connectivity index is 0. The van der Waals surface area contributed by atoms with E-state index in [2.05, 4.69) is 18.0 Å². The Morgan fingerprint density at radius 1 is 0.844 bits per heavy atom. The summed E-state index contributed by atoms with van der Waals surface area (Å²) in [7, 11) is 0. The van der Waals surface area contributed by atoms with Gasteiger partial charge in [-0.25, -0.2) is 0 Å². The van der Waals surface area contributed by atoms with E-state index in [0.717, 1.165) is 22.3 Å². The fourth-order valence-electron chi connectivity index (χ4n) is 3.54. The van der Waals surface area contributed by atoms with Gasteiger partial charge in [-0.3, -0.25) is 4.79 Å². The van der Waals surface area contributed by atoms with E-state index >= 15 is 0 Å². The van der Waals surface area contributed by atoms with Crippen LogP contribution in [0.2, 0.25) is 0 Å². The first kappa shape index (κ1) is 33.6. The number of nitrogens with one attached hydrogen (secondary N) is 1. The number of rotatable bonds is 16. The Morgan fingerprint density at radius 2 is 1.28 bits per heavy atom. The second kappa shape index (κ2) is 23.5. The van der Waals surface area contributed by atoms with Crippen molar-refractivity contribution in [2.75, 3.05) is 0 Å². The van der Waals surface area contributed by atoms with Gasteiger partial charge in [0.15, 0.2) is 3.95 Å². The molecule has 0 atom stereocenters. The van der Waals surface area contributed by atoms with Gasteiger partial charge in [0.25, 0.3) is 0 Å². The molecule has 2 aromatic rings. The minimum atomic E-state index is -0.653. The quantitative estimate of drug-likeness (QED) is 0.128. The Hall–Kier alpha value is -0.617. The van der Waals surface area contributed by atoms with E-state index < -0.39 is 5.97 Å².